The molecular weight excluding hydrogens is 655 g/mol. The SMILES string of the molecule is CC1=CC(C)[C](/[Zr+2](=[C](/C)c2ccccc2)[CH]2c3cc4c(cc3-c3cc5c(cc32)C(C)(C)C=C5C)C(C)=CC4(C)C)=C1C.[Cl-].[Cl-]. The van der Waals surface area contributed by atoms with Crippen molar-refractivity contribution in [2.24, 2.45) is 5.92 Å². The molecule has 3 heteroatoms. The van der Waals surface area contributed by atoms with E-state index in [-0.39, 0.29) is 35.6 Å². The van der Waals surface area contributed by atoms with Crippen LogP contribution in [0.25, 0.3) is 22.3 Å². The largest absolute Gasteiger partial charge is 1.00 e. The van der Waals surface area contributed by atoms with Gasteiger partial charge in [0.2, 0.25) is 0 Å². The van der Waals surface area contributed by atoms with Gasteiger partial charge >= 0.3 is 263 Å². The molecule has 0 N–H and O–H groups in total. The molecule has 4 aliphatic carbocycles. The van der Waals surface area contributed by atoms with Gasteiger partial charge in [-0.3, -0.25) is 0 Å². The molecular formula is C41H44Cl2Zr. The molecule has 44 heavy (non-hydrogen) atoms. The predicted molar refractivity (Wildman–Crippen MR) is 179 cm³/mol. The Morgan fingerprint density at radius 2 is 1.14 bits per heavy atom. The van der Waals surface area contributed by atoms with Crippen molar-refractivity contribution in [3.8, 4) is 11.1 Å². The zero-order chi connectivity index (χ0) is 29.9. The molecule has 0 bridgehead atoms. The Morgan fingerprint density at radius 1 is 0.659 bits per heavy atom. The van der Waals surface area contributed by atoms with E-state index in [9.17, 15) is 0 Å². The summed E-state index contributed by atoms with van der Waals surface area (Å²) in [5.41, 5.74) is 19.6. The molecule has 226 valence electrons. The van der Waals surface area contributed by atoms with Crippen molar-refractivity contribution < 1.29 is 46.1 Å². The average Bonchev–Trinajstić information content (AvgIpc) is 3.55. The van der Waals surface area contributed by atoms with Gasteiger partial charge in [-0.1, -0.05) is 0 Å². The summed E-state index contributed by atoms with van der Waals surface area (Å²) in [6.45, 7) is 23.9. The molecule has 3 aromatic rings. The number of hydrogen-bond donors (Lipinski definition) is 0. The Hall–Kier alpha value is -2.05. The van der Waals surface area contributed by atoms with Gasteiger partial charge in [0, 0.05) is 0 Å². The minimum Gasteiger partial charge on any atom is -1.00 e. The van der Waals surface area contributed by atoms with E-state index < -0.39 is 21.3 Å². The maximum absolute atomic E-state index is 2.66. The number of rotatable bonds is 3. The second-order valence-electron chi connectivity index (χ2n) is 14.6. The van der Waals surface area contributed by atoms with Crippen LogP contribution in [0.2, 0.25) is 0 Å². The fourth-order valence-corrected chi connectivity index (χ4v) is 18.4. The fourth-order valence-electron chi connectivity index (χ4n) is 8.77. The average molecular weight is 699 g/mol. The molecule has 4 aliphatic rings. The van der Waals surface area contributed by atoms with Crippen molar-refractivity contribution in [2.75, 3.05) is 0 Å². The molecule has 0 saturated carbocycles. The van der Waals surface area contributed by atoms with Crippen molar-refractivity contribution in [2.45, 2.75) is 83.7 Å². The van der Waals surface area contributed by atoms with E-state index in [0.717, 1.165) is 0 Å². The van der Waals surface area contributed by atoms with E-state index >= 15 is 0 Å². The Kier molecular flexibility index (Phi) is 8.58. The van der Waals surface area contributed by atoms with Crippen LogP contribution in [-0.4, -0.2) is 3.21 Å². The van der Waals surface area contributed by atoms with Crippen LogP contribution in [0.15, 0.2) is 87.3 Å². The second-order valence-corrected chi connectivity index (χ2v) is 21.2. The van der Waals surface area contributed by atoms with Crippen LogP contribution in [0.5, 0.6) is 0 Å². The normalized spacial score (nSPS) is 20.5. The smallest absolute Gasteiger partial charge is 1.00 e. The molecule has 0 spiro atoms. The van der Waals surface area contributed by atoms with Gasteiger partial charge in [-0.2, -0.15) is 0 Å². The second kappa shape index (κ2) is 11.3. The quantitative estimate of drug-likeness (QED) is 0.366. The Labute approximate surface area is 285 Å². The summed E-state index contributed by atoms with van der Waals surface area (Å²) in [7, 11) is 0. The Bertz CT molecular complexity index is 1790. The molecule has 0 nitrogen and oxygen atoms in total. The van der Waals surface area contributed by atoms with Gasteiger partial charge in [0.1, 0.15) is 0 Å². The van der Waals surface area contributed by atoms with Gasteiger partial charge < -0.3 is 24.8 Å². The monoisotopic (exact) mass is 696 g/mol. The first-order valence-electron chi connectivity index (χ1n) is 15.7. The number of halogens is 2. The fraction of sp³-hybridized carbons (Fsp3) is 0.341. The van der Waals surface area contributed by atoms with Crippen molar-refractivity contribution >= 4 is 14.4 Å². The molecule has 0 aromatic heterocycles. The molecule has 0 radical (unpaired) electrons. The van der Waals surface area contributed by atoms with Crippen molar-refractivity contribution in [3.63, 3.8) is 0 Å². The molecule has 0 amide bonds. The number of allylic oxidation sites excluding steroid dienone is 8. The molecule has 0 saturated heterocycles. The van der Waals surface area contributed by atoms with Gasteiger partial charge in [-0.05, 0) is 0 Å². The molecule has 0 aliphatic heterocycles. The summed E-state index contributed by atoms with van der Waals surface area (Å²) in [5.74, 6) is 0.509. The maximum Gasteiger partial charge on any atom is -1.00 e. The van der Waals surface area contributed by atoms with Crippen LogP contribution in [0.3, 0.4) is 0 Å². The van der Waals surface area contributed by atoms with E-state index in [0.29, 0.717) is 9.54 Å². The third kappa shape index (κ3) is 4.84. The summed E-state index contributed by atoms with van der Waals surface area (Å²) in [4.78, 5) is 0. The van der Waals surface area contributed by atoms with Gasteiger partial charge in [0.25, 0.3) is 0 Å². The summed E-state index contributed by atoms with van der Waals surface area (Å²) in [5, 5.41) is 0. The van der Waals surface area contributed by atoms with Crippen LogP contribution < -0.4 is 24.8 Å². The molecule has 1 atom stereocenters. The number of fused-ring (bicyclic) bond motifs is 5. The zero-order valence-electron chi connectivity index (χ0n) is 27.8. The topological polar surface area (TPSA) is 0 Å². The summed E-state index contributed by atoms with van der Waals surface area (Å²) in [6.07, 6.45) is 7.51. The van der Waals surface area contributed by atoms with Gasteiger partial charge in [-0.25, -0.2) is 0 Å². The molecule has 0 heterocycles. The van der Waals surface area contributed by atoms with Crippen LogP contribution in [-0.2, 0) is 32.1 Å². The number of hydrogen-bond acceptors (Lipinski definition) is 0. The third-order valence-electron chi connectivity index (χ3n) is 10.8. The number of benzene rings is 3. The minimum absolute atomic E-state index is 0. The third-order valence-corrected chi connectivity index (χ3v) is 19.9. The standard InChI is InChI=1S/C25H25.C8H11.C8H8.2ClH.Zr/c1-14-12-24(3,4)22-8-16-7-17-9-23-19(15(2)13-25(23,5)6)11-21(17)20(16)10-18(14)22;1-6-4-7(2)8(3)5-6;1-2-8-6-4-3-5-7-8;;;/h7-13H,1-6H3;4,6H,1-3H3;3-7H,1H3;2*1H;/q;;;;;+2/p-2. The van der Waals surface area contributed by atoms with Crippen LogP contribution in [0, 0.1) is 5.92 Å². The Balaban J connectivity index is 0.00000192. The first-order valence-corrected chi connectivity index (χ1v) is 19.6. The van der Waals surface area contributed by atoms with Crippen molar-refractivity contribution in [1.29, 1.82) is 0 Å². The van der Waals surface area contributed by atoms with Gasteiger partial charge in [-0.15, -0.1) is 0 Å². The van der Waals surface area contributed by atoms with Crippen LogP contribution in [0.4, 0.5) is 0 Å². The van der Waals surface area contributed by atoms with E-state index in [1.807, 2.05) is 0 Å². The predicted octanol–water partition coefficient (Wildman–Crippen LogP) is 4.88. The van der Waals surface area contributed by atoms with E-state index in [4.69, 9.17) is 0 Å². The van der Waals surface area contributed by atoms with Crippen LogP contribution in [0.1, 0.15) is 112 Å². The summed E-state index contributed by atoms with van der Waals surface area (Å²) < 4.78 is 3.94. The molecule has 7 rings (SSSR count). The zero-order valence-corrected chi connectivity index (χ0v) is 31.8. The minimum atomic E-state index is -2.59. The van der Waals surface area contributed by atoms with Crippen molar-refractivity contribution in [3.05, 3.63) is 126 Å². The molecule has 3 aromatic carbocycles. The summed E-state index contributed by atoms with van der Waals surface area (Å²) >= 11 is -2.59. The molecule has 1 unspecified atom stereocenters. The van der Waals surface area contributed by atoms with E-state index in [1.165, 1.54) is 55.7 Å². The Morgan fingerprint density at radius 3 is 1.57 bits per heavy atom. The van der Waals surface area contributed by atoms with Crippen LogP contribution >= 0.6 is 0 Å². The maximum atomic E-state index is 2.66. The van der Waals surface area contributed by atoms with E-state index in [2.05, 4.69) is 142 Å². The van der Waals surface area contributed by atoms with Gasteiger partial charge in [0.15, 0.2) is 0 Å². The summed E-state index contributed by atoms with van der Waals surface area (Å²) in [6, 6.07) is 21.8. The first-order chi connectivity index (χ1) is 19.8. The molecule has 0 fully saturated rings. The van der Waals surface area contributed by atoms with Crippen molar-refractivity contribution in [1.82, 2.24) is 0 Å². The first kappa shape index (κ1) is 33.3. The van der Waals surface area contributed by atoms with Gasteiger partial charge in [0.05, 0.1) is 0 Å². The van der Waals surface area contributed by atoms with E-state index in [1.54, 1.807) is 23.2 Å².